The fourth-order valence-corrected chi connectivity index (χ4v) is 10.2. The van der Waals surface area contributed by atoms with Gasteiger partial charge in [-0.15, -0.1) is 23.5 Å². The maximum absolute atomic E-state index is 13.5. The van der Waals surface area contributed by atoms with Gasteiger partial charge in [-0.05, 0) is 56.6 Å². The van der Waals surface area contributed by atoms with E-state index in [1.165, 1.54) is 30.8 Å². The van der Waals surface area contributed by atoms with Gasteiger partial charge < -0.3 is 14.5 Å². The van der Waals surface area contributed by atoms with Gasteiger partial charge >= 0.3 is 0 Å². The molecule has 0 N–H and O–H groups in total. The van der Waals surface area contributed by atoms with Crippen LogP contribution in [0.25, 0.3) is 0 Å². The van der Waals surface area contributed by atoms with Crippen LogP contribution in [0.2, 0.25) is 0 Å². The molecule has 2 saturated heterocycles. The minimum Gasteiger partial charge on any atom is -0.492 e. The molecule has 2 aliphatic carbocycles. The number of rotatable bonds is 4. The third kappa shape index (κ3) is 3.72. The number of thioether (sulfide) groups is 2. The van der Waals surface area contributed by atoms with E-state index in [0.29, 0.717) is 16.6 Å². The van der Waals surface area contributed by atoms with Crippen LogP contribution < -0.4 is 9.64 Å². The van der Waals surface area contributed by atoms with Crippen LogP contribution in [0.3, 0.4) is 0 Å². The molecule has 2 atom stereocenters. The van der Waals surface area contributed by atoms with Gasteiger partial charge in [0, 0.05) is 43.6 Å². The van der Waals surface area contributed by atoms with Gasteiger partial charge in [0.2, 0.25) is 5.91 Å². The zero-order chi connectivity index (χ0) is 20.6. The first-order valence-corrected chi connectivity index (χ1v) is 13.7. The van der Waals surface area contributed by atoms with E-state index in [2.05, 4.69) is 45.5 Å². The number of hydrogen-bond donors (Lipinski definition) is 0. The first-order chi connectivity index (χ1) is 14.7. The zero-order valence-electron chi connectivity index (χ0n) is 18.1. The highest BCUT2D eigenvalue weighted by Gasteiger charge is 2.55. The number of piperazine rings is 1. The van der Waals surface area contributed by atoms with Gasteiger partial charge in [-0.3, -0.25) is 4.79 Å². The molecule has 1 aromatic carbocycles. The Morgan fingerprint density at radius 3 is 2.40 bits per heavy atom. The van der Waals surface area contributed by atoms with Gasteiger partial charge in [0.05, 0.1) is 16.4 Å². The summed E-state index contributed by atoms with van der Waals surface area (Å²) in [7, 11) is 0. The Morgan fingerprint density at radius 2 is 1.73 bits per heavy atom. The Labute approximate surface area is 189 Å². The van der Waals surface area contributed by atoms with Gasteiger partial charge in [-0.2, -0.15) is 0 Å². The number of nitrogens with zero attached hydrogens (tertiary/aromatic N) is 2. The molecule has 4 aliphatic rings. The van der Waals surface area contributed by atoms with Crippen LogP contribution in [0, 0.1) is 17.8 Å². The summed E-state index contributed by atoms with van der Waals surface area (Å²) in [5, 5.41) is 0. The molecule has 0 aromatic heterocycles. The summed E-state index contributed by atoms with van der Waals surface area (Å²) in [5.74, 6) is 5.76. The highest BCUT2D eigenvalue weighted by atomic mass is 32.2. The summed E-state index contributed by atoms with van der Waals surface area (Å²) in [4.78, 5) is 18.0. The lowest BCUT2D eigenvalue weighted by atomic mass is 9.66. The van der Waals surface area contributed by atoms with Crippen molar-refractivity contribution in [1.29, 1.82) is 0 Å². The van der Waals surface area contributed by atoms with E-state index in [4.69, 9.17) is 4.74 Å². The fourth-order valence-electron chi connectivity index (χ4n) is 6.23. The second-order valence-electron chi connectivity index (χ2n) is 9.12. The molecule has 1 aromatic rings. The Hall–Kier alpha value is -1.01. The first-order valence-electron chi connectivity index (χ1n) is 11.7. The summed E-state index contributed by atoms with van der Waals surface area (Å²) in [5.41, 5.74) is 1.16. The average molecular weight is 447 g/mol. The molecule has 4 nitrogen and oxygen atoms in total. The molecule has 2 heterocycles. The lowest BCUT2D eigenvalue weighted by Crippen LogP contribution is -2.54. The molecule has 30 heavy (non-hydrogen) atoms. The summed E-state index contributed by atoms with van der Waals surface area (Å²) >= 11 is 4.46. The van der Waals surface area contributed by atoms with Gasteiger partial charge in [-0.1, -0.05) is 18.6 Å². The van der Waals surface area contributed by atoms with E-state index in [1.807, 2.05) is 19.1 Å². The Kier molecular flexibility index (Phi) is 6.16. The molecule has 164 valence electrons. The topological polar surface area (TPSA) is 32.8 Å². The maximum atomic E-state index is 13.5. The molecular formula is C24H34N2O2S2. The van der Waals surface area contributed by atoms with Crippen molar-refractivity contribution in [2.45, 2.75) is 43.1 Å². The number of carbonyl (C=O) groups is 1. The van der Waals surface area contributed by atoms with Crippen LogP contribution in [0.15, 0.2) is 24.3 Å². The minimum absolute atomic E-state index is 0.259. The normalized spacial score (nSPS) is 30.5. The number of para-hydroxylation sites is 2. The first kappa shape index (κ1) is 20.9. The standard InChI is InChI=1S/C24H34N2O2S2/c1-2-28-22-9-4-3-8-21(22)25-10-12-26(13-11-25)23(27)18-16-19-6-5-7-20(17-18)24(19)29-14-15-30-24/h3-4,8-9,18-20H,2,5-7,10-17H2,1H3. The molecule has 2 bridgehead atoms. The summed E-state index contributed by atoms with van der Waals surface area (Å²) < 4.78 is 6.28. The van der Waals surface area contributed by atoms with Crippen LogP contribution >= 0.6 is 23.5 Å². The van der Waals surface area contributed by atoms with Crippen molar-refractivity contribution in [2.75, 3.05) is 49.2 Å². The van der Waals surface area contributed by atoms with Gasteiger partial charge in [-0.25, -0.2) is 0 Å². The summed E-state index contributed by atoms with van der Waals surface area (Å²) in [6.45, 7) is 6.16. The van der Waals surface area contributed by atoms with Crippen molar-refractivity contribution >= 4 is 35.1 Å². The second kappa shape index (κ2) is 8.85. The number of hydrogen-bond acceptors (Lipinski definition) is 5. The molecule has 6 heteroatoms. The predicted molar refractivity (Wildman–Crippen MR) is 128 cm³/mol. The molecule has 1 amide bonds. The molecular weight excluding hydrogens is 412 g/mol. The van der Waals surface area contributed by atoms with Crippen molar-refractivity contribution in [2.24, 2.45) is 17.8 Å². The van der Waals surface area contributed by atoms with Crippen LogP contribution in [0.5, 0.6) is 5.75 Å². The van der Waals surface area contributed by atoms with E-state index < -0.39 is 0 Å². The minimum atomic E-state index is 0.259. The molecule has 2 saturated carbocycles. The average Bonchev–Trinajstić information content (AvgIpc) is 3.23. The monoisotopic (exact) mass is 446 g/mol. The van der Waals surface area contributed by atoms with Crippen LogP contribution in [-0.2, 0) is 4.79 Å². The Morgan fingerprint density at radius 1 is 1.07 bits per heavy atom. The van der Waals surface area contributed by atoms with Gasteiger partial charge in [0.25, 0.3) is 0 Å². The largest absolute Gasteiger partial charge is 0.492 e. The van der Waals surface area contributed by atoms with Gasteiger partial charge in [0.15, 0.2) is 0 Å². The number of benzene rings is 1. The molecule has 5 rings (SSSR count). The second-order valence-corrected chi connectivity index (χ2v) is 12.1. The molecule has 2 unspecified atom stereocenters. The number of anilines is 1. The fraction of sp³-hybridized carbons (Fsp3) is 0.708. The maximum Gasteiger partial charge on any atom is 0.225 e. The molecule has 2 aliphatic heterocycles. The number of carbonyl (C=O) groups excluding carboxylic acids is 1. The number of ether oxygens (including phenoxy) is 1. The van der Waals surface area contributed by atoms with Crippen LogP contribution in [0.4, 0.5) is 5.69 Å². The third-order valence-electron chi connectivity index (χ3n) is 7.57. The quantitative estimate of drug-likeness (QED) is 0.667. The number of amides is 1. The Balaban J connectivity index is 1.22. The summed E-state index contributed by atoms with van der Waals surface area (Å²) in [6.07, 6.45) is 6.30. The highest BCUT2D eigenvalue weighted by molar-refractivity contribution is 8.21. The van der Waals surface area contributed by atoms with Crippen molar-refractivity contribution in [1.82, 2.24) is 4.90 Å². The molecule has 1 spiro atoms. The van der Waals surface area contributed by atoms with Crippen LogP contribution in [0.1, 0.15) is 39.0 Å². The summed E-state index contributed by atoms with van der Waals surface area (Å²) in [6, 6.07) is 8.29. The van der Waals surface area contributed by atoms with E-state index in [9.17, 15) is 4.79 Å². The van der Waals surface area contributed by atoms with E-state index in [0.717, 1.165) is 62.3 Å². The van der Waals surface area contributed by atoms with Crippen molar-refractivity contribution in [3.05, 3.63) is 24.3 Å². The van der Waals surface area contributed by atoms with E-state index in [-0.39, 0.29) is 5.92 Å². The SMILES string of the molecule is CCOc1ccccc1N1CCN(C(=O)C2CC3CCCC(C2)C32SCCS2)CC1. The highest BCUT2D eigenvalue weighted by Crippen LogP contribution is 2.64. The van der Waals surface area contributed by atoms with Crippen molar-refractivity contribution in [3.8, 4) is 5.75 Å². The van der Waals surface area contributed by atoms with Crippen molar-refractivity contribution < 1.29 is 9.53 Å². The zero-order valence-corrected chi connectivity index (χ0v) is 19.7. The Bertz CT molecular complexity index is 743. The smallest absolute Gasteiger partial charge is 0.225 e. The van der Waals surface area contributed by atoms with Crippen molar-refractivity contribution in [3.63, 3.8) is 0 Å². The van der Waals surface area contributed by atoms with E-state index >= 15 is 0 Å². The van der Waals surface area contributed by atoms with E-state index in [1.54, 1.807) is 0 Å². The lowest BCUT2D eigenvalue weighted by Gasteiger charge is -2.52. The molecule has 4 fully saturated rings. The van der Waals surface area contributed by atoms with Crippen LogP contribution in [-0.4, -0.2) is 59.2 Å². The predicted octanol–water partition coefficient (Wildman–Crippen LogP) is 4.74. The van der Waals surface area contributed by atoms with Gasteiger partial charge in [0.1, 0.15) is 5.75 Å². The third-order valence-corrected chi connectivity index (χ3v) is 11.6. The molecule has 0 radical (unpaired) electrons. The lowest BCUT2D eigenvalue weighted by molar-refractivity contribution is -0.138.